The molecule has 1 atom stereocenters. The van der Waals surface area contributed by atoms with E-state index in [4.69, 9.17) is 4.74 Å². The standard InChI is InChI=1S/C13H18F3NO2/c1-9(4-3-7-13(14,15)16)17-10-5-6-12(19-2)11(18)8-10/h5-6,8-9,17-18H,3-4,7H2,1-2H3. The van der Waals surface area contributed by atoms with Gasteiger partial charge in [-0.05, 0) is 31.9 Å². The van der Waals surface area contributed by atoms with E-state index in [0.717, 1.165) is 0 Å². The van der Waals surface area contributed by atoms with Crippen LogP contribution in [0.15, 0.2) is 18.2 Å². The SMILES string of the molecule is COc1ccc(NC(C)CCCC(F)(F)F)cc1O. The first-order valence-electron chi connectivity index (χ1n) is 6.02. The zero-order chi connectivity index (χ0) is 14.5. The molecular weight excluding hydrogens is 259 g/mol. The molecule has 0 spiro atoms. The molecule has 0 aromatic heterocycles. The molecule has 0 aliphatic rings. The number of phenols is 1. The third-order valence-corrected chi connectivity index (χ3v) is 2.69. The zero-order valence-corrected chi connectivity index (χ0v) is 10.9. The lowest BCUT2D eigenvalue weighted by Crippen LogP contribution is -2.16. The Bertz CT molecular complexity index is 407. The van der Waals surface area contributed by atoms with Crippen LogP contribution in [0.3, 0.4) is 0 Å². The summed E-state index contributed by atoms with van der Waals surface area (Å²) in [4.78, 5) is 0. The van der Waals surface area contributed by atoms with Crippen molar-refractivity contribution in [1.29, 1.82) is 0 Å². The fraction of sp³-hybridized carbons (Fsp3) is 0.538. The van der Waals surface area contributed by atoms with Gasteiger partial charge in [0.25, 0.3) is 0 Å². The average molecular weight is 277 g/mol. The van der Waals surface area contributed by atoms with Gasteiger partial charge in [0, 0.05) is 24.2 Å². The van der Waals surface area contributed by atoms with Crippen LogP contribution in [0, 0.1) is 0 Å². The van der Waals surface area contributed by atoms with E-state index in [9.17, 15) is 18.3 Å². The molecule has 0 bridgehead atoms. The van der Waals surface area contributed by atoms with Crippen LogP contribution in [0.25, 0.3) is 0 Å². The fourth-order valence-corrected chi connectivity index (χ4v) is 1.75. The normalized spacial score (nSPS) is 13.1. The van der Waals surface area contributed by atoms with E-state index in [2.05, 4.69) is 5.32 Å². The van der Waals surface area contributed by atoms with Crippen molar-refractivity contribution in [1.82, 2.24) is 0 Å². The number of anilines is 1. The van der Waals surface area contributed by atoms with Crippen molar-refractivity contribution in [2.24, 2.45) is 0 Å². The number of benzene rings is 1. The maximum Gasteiger partial charge on any atom is 0.389 e. The maximum absolute atomic E-state index is 12.0. The van der Waals surface area contributed by atoms with Crippen molar-refractivity contribution in [3.8, 4) is 11.5 Å². The number of alkyl halides is 3. The molecule has 1 unspecified atom stereocenters. The van der Waals surface area contributed by atoms with Gasteiger partial charge in [-0.15, -0.1) is 0 Å². The summed E-state index contributed by atoms with van der Waals surface area (Å²) < 4.78 is 40.9. The summed E-state index contributed by atoms with van der Waals surface area (Å²) in [6, 6.07) is 4.69. The monoisotopic (exact) mass is 277 g/mol. The second kappa shape index (κ2) is 6.54. The Balaban J connectivity index is 2.44. The topological polar surface area (TPSA) is 41.5 Å². The van der Waals surface area contributed by atoms with Crippen LogP contribution in [-0.2, 0) is 0 Å². The van der Waals surface area contributed by atoms with Crippen LogP contribution >= 0.6 is 0 Å². The molecule has 0 heterocycles. The number of phenolic OH excluding ortho intramolecular Hbond substituents is 1. The highest BCUT2D eigenvalue weighted by atomic mass is 19.4. The molecule has 6 heteroatoms. The summed E-state index contributed by atoms with van der Waals surface area (Å²) in [5.41, 5.74) is 0.651. The lowest BCUT2D eigenvalue weighted by atomic mass is 10.1. The summed E-state index contributed by atoms with van der Waals surface area (Å²) >= 11 is 0. The summed E-state index contributed by atoms with van der Waals surface area (Å²) in [6.45, 7) is 1.80. The second-order valence-electron chi connectivity index (χ2n) is 4.44. The first-order valence-corrected chi connectivity index (χ1v) is 6.02. The molecule has 1 aromatic carbocycles. The maximum atomic E-state index is 12.0. The number of hydrogen-bond donors (Lipinski definition) is 2. The summed E-state index contributed by atoms with van der Waals surface area (Å²) in [6.07, 6.45) is -4.38. The summed E-state index contributed by atoms with van der Waals surface area (Å²) in [5.74, 6) is 0.352. The minimum atomic E-state index is -4.10. The van der Waals surface area contributed by atoms with Gasteiger partial charge in [-0.3, -0.25) is 0 Å². The van der Waals surface area contributed by atoms with Crippen LogP contribution < -0.4 is 10.1 Å². The number of methoxy groups -OCH3 is 1. The van der Waals surface area contributed by atoms with Gasteiger partial charge in [0.05, 0.1) is 7.11 Å². The van der Waals surface area contributed by atoms with Gasteiger partial charge in [-0.1, -0.05) is 0 Å². The number of rotatable bonds is 6. The Labute approximate surface area is 110 Å². The third kappa shape index (κ3) is 5.72. The predicted octanol–water partition coefficient (Wildman–Crippen LogP) is 3.93. The van der Waals surface area contributed by atoms with E-state index in [1.807, 2.05) is 0 Å². The van der Waals surface area contributed by atoms with Gasteiger partial charge < -0.3 is 15.2 Å². The molecule has 0 saturated carbocycles. The van der Waals surface area contributed by atoms with Crippen molar-refractivity contribution in [3.63, 3.8) is 0 Å². The third-order valence-electron chi connectivity index (χ3n) is 2.69. The van der Waals surface area contributed by atoms with Gasteiger partial charge in [0.1, 0.15) is 0 Å². The highest BCUT2D eigenvalue weighted by molar-refractivity contribution is 5.54. The summed E-state index contributed by atoms with van der Waals surface area (Å²) in [7, 11) is 1.45. The lowest BCUT2D eigenvalue weighted by molar-refractivity contribution is -0.135. The Morgan fingerprint density at radius 1 is 1.37 bits per heavy atom. The molecule has 1 aromatic rings. The largest absolute Gasteiger partial charge is 0.504 e. The smallest absolute Gasteiger partial charge is 0.389 e. The second-order valence-corrected chi connectivity index (χ2v) is 4.44. The minimum Gasteiger partial charge on any atom is -0.504 e. The van der Waals surface area contributed by atoms with Crippen molar-refractivity contribution in [2.75, 3.05) is 12.4 Å². The Morgan fingerprint density at radius 3 is 2.58 bits per heavy atom. The molecule has 0 radical (unpaired) electrons. The molecular formula is C13H18F3NO2. The summed E-state index contributed by atoms with van der Waals surface area (Å²) in [5, 5.41) is 12.6. The molecule has 2 N–H and O–H groups in total. The van der Waals surface area contributed by atoms with E-state index in [1.165, 1.54) is 13.2 Å². The van der Waals surface area contributed by atoms with E-state index in [1.54, 1.807) is 19.1 Å². The highest BCUT2D eigenvalue weighted by Crippen LogP contribution is 2.29. The van der Waals surface area contributed by atoms with Crippen molar-refractivity contribution in [3.05, 3.63) is 18.2 Å². The molecule has 0 amide bonds. The Morgan fingerprint density at radius 2 is 2.05 bits per heavy atom. The van der Waals surface area contributed by atoms with Crippen molar-refractivity contribution >= 4 is 5.69 Å². The molecule has 1 rings (SSSR count). The first kappa shape index (κ1) is 15.5. The van der Waals surface area contributed by atoms with E-state index in [-0.39, 0.29) is 18.2 Å². The quantitative estimate of drug-likeness (QED) is 0.827. The Hall–Kier alpha value is -1.59. The zero-order valence-electron chi connectivity index (χ0n) is 10.9. The fourth-order valence-electron chi connectivity index (χ4n) is 1.75. The van der Waals surface area contributed by atoms with Gasteiger partial charge >= 0.3 is 6.18 Å². The number of hydrogen-bond acceptors (Lipinski definition) is 3. The van der Waals surface area contributed by atoms with Crippen LogP contribution in [0.2, 0.25) is 0 Å². The molecule has 0 saturated heterocycles. The van der Waals surface area contributed by atoms with E-state index in [0.29, 0.717) is 17.9 Å². The highest BCUT2D eigenvalue weighted by Gasteiger charge is 2.26. The van der Waals surface area contributed by atoms with E-state index < -0.39 is 12.6 Å². The lowest BCUT2D eigenvalue weighted by Gasteiger charge is -2.16. The predicted molar refractivity (Wildman–Crippen MR) is 67.6 cm³/mol. The number of ether oxygens (including phenoxy) is 1. The van der Waals surface area contributed by atoms with Crippen LogP contribution in [0.4, 0.5) is 18.9 Å². The van der Waals surface area contributed by atoms with Crippen LogP contribution in [-0.4, -0.2) is 24.4 Å². The van der Waals surface area contributed by atoms with Crippen molar-refractivity contribution < 1.29 is 23.0 Å². The molecule has 108 valence electrons. The Kier molecular flexibility index (Phi) is 5.32. The van der Waals surface area contributed by atoms with Crippen LogP contribution in [0.1, 0.15) is 26.2 Å². The van der Waals surface area contributed by atoms with Crippen molar-refractivity contribution in [2.45, 2.75) is 38.4 Å². The first-order chi connectivity index (χ1) is 8.81. The van der Waals surface area contributed by atoms with Gasteiger partial charge in [-0.25, -0.2) is 0 Å². The average Bonchev–Trinajstić information content (AvgIpc) is 2.27. The molecule has 3 nitrogen and oxygen atoms in total. The molecule has 0 aliphatic heterocycles. The van der Waals surface area contributed by atoms with E-state index >= 15 is 0 Å². The number of nitrogens with one attached hydrogen (secondary N) is 1. The minimum absolute atomic E-state index is 0.00464. The molecule has 19 heavy (non-hydrogen) atoms. The number of halogens is 3. The molecule has 0 fully saturated rings. The van der Waals surface area contributed by atoms with Gasteiger partial charge in [0.2, 0.25) is 0 Å². The van der Waals surface area contributed by atoms with Gasteiger partial charge in [-0.2, -0.15) is 13.2 Å². The molecule has 0 aliphatic carbocycles. The van der Waals surface area contributed by atoms with Crippen LogP contribution in [0.5, 0.6) is 11.5 Å². The van der Waals surface area contributed by atoms with Gasteiger partial charge in [0.15, 0.2) is 11.5 Å². The number of aromatic hydroxyl groups is 1.